The lowest BCUT2D eigenvalue weighted by molar-refractivity contribution is -0.0224. The fourth-order valence-electron chi connectivity index (χ4n) is 4.76. The van der Waals surface area contributed by atoms with Crippen molar-refractivity contribution in [1.82, 2.24) is 19.7 Å². The second-order valence-corrected chi connectivity index (χ2v) is 9.07. The Bertz CT molecular complexity index is 1110. The van der Waals surface area contributed by atoms with Gasteiger partial charge >= 0.3 is 0 Å². The van der Waals surface area contributed by atoms with Crippen LogP contribution < -0.4 is 0 Å². The van der Waals surface area contributed by atoms with Crippen LogP contribution in [-0.4, -0.2) is 42.3 Å². The quantitative estimate of drug-likeness (QED) is 0.707. The average molecular weight is 402 g/mol. The smallest absolute Gasteiger partial charge is 0.255 e. The Morgan fingerprint density at radius 2 is 1.77 bits per heavy atom. The van der Waals surface area contributed by atoms with Crippen molar-refractivity contribution in [2.45, 2.75) is 44.9 Å². The third kappa shape index (κ3) is 3.21. The number of aryl methyl sites for hydroxylation is 1. The molecule has 6 heteroatoms. The standard InChI is InChI=1S/C24H26N4O2/c1-24(2,30)22(17-8-9-17)28-14-19-10-25-12-20(21(19)23(28)29)16-6-4-15(5-7-16)18-11-26-27(3)13-18/h4-7,10-13,17,22,30H,8-9,14H2,1-3H3. The number of benzene rings is 1. The van der Waals surface area contributed by atoms with Gasteiger partial charge in [0.2, 0.25) is 0 Å². The van der Waals surface area contributed by atoms with E-state index in [9.17, 15) is 9.90 Å². The summed E-state index contributed by atoms with van der Waals surface area (Å²) in [5.41, 5.74) is 4.67. The van der Waals surface area contributed by atoms with Gasteiger partial charge < -0.3 is 10.0 Å². The fourth-order valence-corrected chi connectivity index (χ4v) is 4.76. The number of hydrogen-bond acceptors (Lipinski definition) is 4. The molecule has 3 aromatic rings. The maximum absolute atomic E-state index is 13.5. The largest absolute Gasteiger partial charge is 0.388 e. The highest BCUT2D eigenvalue weighted by Crippen LogP contribution is 2.44. The van der Waals surface area contributed by atoms with Crippen LogP contribution in [0.5, 0.6) is 0 Å². The first kappa shape index (κ1) is 19.0. The predicted octanol–water partition coefficient (Wildman–Crippen LogP) is 3.65. The average Bonchev–Trinajstić information content (AvgIpc) is 3.35. The number of carbonyl (C=O) groups excluding carboxylic acids is 1. The van der Waals surface area contributed by atoms with Gasteiger partial charge in [-0.15, -0.1) is 0 Å². The zero-order chi connectivity index (χ0) is 21.0. The third-order valence-electron chi connectivity index (χ3n) is 6.20. The number of hydrogen-bond donors (Lipinski definition) is 1. The van der Waals surface area contributed by atoms with Gasteiger partial charge in [0, 0.05) is 48.9 Å². The van der Waals surface area contributed by atoms with E-state index in [0.717, 1.165) is 40.7 Å². The highest BCUT2D eigenvalue weighted by atomic mass is 16.3. The summed E-state index contributed by atoms with van der Waals surface area (Å²) in [5.74, 6) is 0.371. The minimum atomic E-state index is -0.933. The number of carbonyl (C=O) groups is 1. The van der Waals surface area contributed by atoms with E-state index >= 15 is 0 Å². The highest BCUT2D eigenvalue weighted by molar-refractivity contribution is 6.04. The number of nitrogens with zero attached hydrogens (tertiary/aromatic N) is 4. The Balaban J connectivity index is 1.49. The molecule has 6 nitrogen and oxygen atoms in total. The number of aliphatic hydroxyl groups is 1. The van der Waals surface area contributed by atoms with Crippen molar-refractivity contribution >= 4 is 5.91 Å². The summed E-state index contributed by atoms with van der Waals surface area (Å²) in [7, 11) is 1.90. The number of amides is 1. The van der Waals surface area contributed by atoms with Crippen molar-refractivity contribution in [1.29, 1.82) is 0 Å². The topological polar surface area (TPSA) is 71.2 Å². The van der Waals surface area contributed by atoms with Gasteiger partial charge in [-0.3, -0.25) is 14.5 Å². The van der Waals surface area contributed by atoms with Gasteiger partial charge in [-0.25, -0.2) is 0 Å². The Hall–Kier alpha value is -2.99. The van der Waals surface area contributed by atoms with E-state index < -0.39 is 5.60 Å². The molecular weight excluding hydrogens is 376 g/mol. The lowest BCUT2D eigenvalue weighted by atomic mass is 9.93. The van der Waals surface area contributed by atoms with Gasteiger partial charge in [0.05, 0.1) is 23.4 Å². The summed E-state index contributed by atoms with van der Waals surface area (Å²) in [6, 6.07) is 7.99. The van der Waals surface area contributed by atoms with Crippen LogP contribution in [0, 0.1) is 5.92 Å². The third-order valence-corrected chi connectivity index (χ3v) is 6.20. The molecule has 5 rings (SSSR count). The van der Waals surface area contributed by atoms with Crippen molar-refractivity contribution in [2.75, 3.05) is 0 Å². The molecule has 1 atom stereocenters. The van der Waals surface area contributed by atoms with Crippen LogP contribution >= 0.6 is 0 Å². The highest BCUT2D eigenvalue weighted by Gasteiger charge is 2.48. The molecule has 0 bridgehead atoms. The second-order valence-electron chi connectivity index (χ2n) is 9.07. The maximum Gasteiger partial charge on any atom is 0.255 e. The number of fused-ring (bicyclic) bond motifs is 1. The van der Waals surface area contributed by atoms with Crippen LogP contribution in [0.3, 0.4) is 0 Å². The molecule has 0 spiro atoms. The molecule has 2 aliphatic rings. The summed E-state index contributed by atoms with van der Waals surface area (Å²) in [6.45, 7) is 4.12. The SMILES string of the molecule is Cn1cc(-c2ccc(-c3cncc4c3C(=O)N(C(C3CC3)C(C)(C)O)C4)cc2)cn1. The Morgan fingerprint density at radius 3 is 2.37 bits per heavy atom. The van der Waals surface area contributed by atoms with Crippen molar-refractivity contribution in [3.05, 3.63) is 60.2 Å². The molecule has 2 aromatic heterocycles. The summed E-state index contributed by atoms with van der Waals surface area (Å²) >= 11 is 0. The lowest BCUT2D eigenvalue weighted by Crippen LogP contribution is -2.51. The summed E-state index contributed by atoms with van der Waals surface area (Å²) in [4.78, 5) is 19.7. The van der Waals surface area contributed by atoms with E-state index in [0.29, 0.717) is 18.0 Å². The first-order chi connectivity index (χ1) is 14.3. The van der Waals surface area contributed by atoms with E-state index in [4.69, 9.17) is 0 Å². The predicted molar refractivity (Wildman–Crippen MR) is 115 cm³/mol. The first-order valence-electron chi connectivity index (χ1n) is 10.4. The Kier molecular flexibility index (Phi) is 4.29. The summed E-state index contributed by atoms with van der Waals surface area (Å²) in [5, 5.41) is 15.0. The van der Waals surface area contributed by atoms with Crippen LogP contribution in [-0.2, 0) is 13.6 Å². The van der Waals surface area contributed by atoms with Crippen LogP contribution in [0.15, 0.2) is 49.1 Å². The van der Waals surface area contributed by atoms with Crippen molar-refractivity contribution in [2.24, 2.45) is 13.0 Å². The molecule has 30 heavy (non-hydrogen) atoms. The van der Waals surface area contributed by atoms with Crippen molar-refractivity contribution in [3.8, 4) is 22.3 Å². The van der Waals surface area contributed by atoms with Crippen LogP contribution in [0.1, 0.15) is 42.6 Å². The molecule has 1 aromatic carbocycles. The molecular formula is C24H26N4O2. The normalized spacial score (nSPS) is 17.3. The van der Waals surface area contributed by atoms with E-state index in [2.05, 4.69) is 10.1 Å². The minimum Gasteiger partial charge on any atom is -0.388 e. The van der Waals surface area contributed by atoms with Crippen LogP contribution in [0.2, 0.25) is 0 Å². The summed E-state index contributed by atoms with van der Waals surface area (Å²) < 4.78 is 1.78. The van der Waals surface area contributed by atoms with Gasteiger partial charge in [0.25, 0.3) is 5.91 Å². The number of pyridine rings is 1. The van der Waals surface area contributed by atoms with Gasteiger partial charge in [-0.1, -0.05) is 24.3 Å². The van der Waals surface area contributed by atoms with Gasteiger partial charge in [0.15, 0.2) is 0 Å². The summed E-state index contributed by atoms with van der Waals surface area (Å²) in [6.07, 6.45) is 9.51. The Labute approximate surface area is 176 Å². The number of aromatic nitrogens is 3. The van der Waals surface area contributed by atoms with E-state index in [-0.39, 0.29) is 11.9 Å². The van der Waals surface area contributed by atoms with Gasteiger partial charge in [0.1, 0.15) is 0 Å². The molecule has 1 fully saturated rings. The minimum absolute atomic E-state index is 0.00207. The van der Waals surface area contributed by atoms with Crippen LogP contribution in [0.25, 0.3) is 22.3 Å². The molecule has 0 radical (unpaired) electrons. The first-order valence-corrected chi connectivity index (χ1v) is 10.4. The maximum atomic E-state index is 13.5. The zero-order valence-corrected chi connectivity index (χ0v) is 17.5. The molecule has 1 saturated carbocycles. The monoisotopic (exact) mass is 402 g/mol. The second kappa shape index (κ2) is 6.77. The zero-order valence-electron chi connectivity index (χ0n) is 17.5. The van der Waals surface area contributed by atoms with Crippen LogP contribution in [0.4, 0.5) is 0 Å². The van der Waals surface area contributed by atoms with Gasteiger partial charge in [-0.05, 0) is 43.7 Å². The molecule has 1 unspecified atom stereocenters. The van der Waals surface area contributed by atoms with E-state index in [1.807, 2.05) is 62.5 Å². The Morgan fingerprint density at radius 1 is 1.07 bits per heavy atom. The van der Waals surface area contributed by atoms with Crippen molar-refractivity contribution < 1.29 is 9.90 Å². The fraction of sp³-hybridized carbons (Fsp3) is 0.375. The molecule has 154 valence electrons. The lowest BCUT2D eigenvalue weighted by Gasteiger charge is -2.37. The molecule has 1 aliphatic heterocycles. The molecule has 3 heterocycles. The van der Waals surface area contributed by atoms with E-state index in [1.54, 1.807) is 17.1 Å². The molecule has 0 saturated heterocycles. The van der Waals surface area contributed by atoms with E-state index in [1.165, 1.54) is 0 Å². The molecule has 1 amide bonds. The number of rotatable bonds is 5. The molecule has 1 aliphatic carbocycles. The van der Waals surface area contributed by atoms with Gasteiger partial charge in [-0.2, -0.15) is 5.10 Å². The van der Waals surface area contributed by atoms with Crippen molar-refractivity contribution in [3.63, 3.8) is 0 Å². The molecule has 1 N–H and O–H groups in total.